The number of carbonyl (C=O) groups excluding carboxylic acids is 1. The molecule has 3 heterocycles. The number of amides is 1. The number of aromatic nitrogens is 3. The summed E-state index contributed by atoms with van der Waals surface area (Å²) in [6, 6.07) is 4.05. The van der Waals surface area contributed by atoms with E-state index in [2.05, 4.69) is 38.4 Å². The summed E-state index contributed by atoms with van der Waals surface area (Å²) in [5.74, 6) is 1.19. The largest absolute Gasteiger partial charge is 0.444 e. The van der Waals surface area contributed by atoms with Crippen molar-refractivity contribution in [3.05, 3.63) is 22.8 Å². The molecule has 0 spiro atoms. The summed E-state index contributed by atoms with van der Waals surface area (Å²) in [7, 11) is 0. The van der Waals surface area contributed by atoms with Crippen molar-refractivity contribution in [1.82, 2.24) is 15.2 Å². The van der Waals surface area contributed by atoms with Gasteiger partial charge in [0.25, 0.3) is 0 Å². The summed E-state index contributed by atoms with van der Waals surface area (Å²) in [6.45, 7) is 9.67. The quantitative estimate of drug-likeness (QED) is 0.630. The average Bonchev–Trinajstić information content (AvgIpc) is 3.13. The number of rotatable bonds is 6. The Labute approximate surface area is 180 Å². The second-order valence-electron chi connectivity index (χ2n) is 7.98. The van der Waals surface area contributed by atoms with Crippen molar-refractivity contribution in [2.75, 3.05) is 23.3 Å². The fourth-order valence-corrected chi connectivity index (χ4v) is 4.76. The molecular formula is C20H29N5O2S2. The number of nitrogens with one attached hydrogen (secondary N) is 1. The van der Waals surface area contributed by atoms with Crippen molar-refractivity contribution in [1.29, 1.82) is 0 Å². The zero-order valence-electron chi connectivity index (χ0n) is 17.5. The van der Waals surface area contributed by atoms with Crippen LogP contribution in [-0.4, -0.2) is 40.0 Å². The van der Waals surface area contributed by atoms with Crippen LogP contribution in [0.3, 0.4) is 0 Å². The molecule has 7 nitrogen and oxygen atoms in total. The van der Waals surface area contributed by atoms with Crippen LogP contribution in [0.15, 0.2) is 16.5 Å². The lowest BCUT2D eigenvalue weighted by Gasteiger charge is -2.29. The van der Waals surface area contributed by atoms with Gasteiger partial charge in [-0.15, -0.1) is 10.2 Å². The molecule has 1 fully saturated rings. The fourth-order valence-electron chi connectivity index (χ4n) is 3.03. The topological polar surface area (TPSA) is 80.2 Å². The summed E-state index contributed by atoms with van der Waals surface area (Å²) in [6.07, 6.45) is 4.04. The van der Waals surface area contributed by atoms with E-state index in [9.17, 15) is 4.79 Å². The standard InChI is InChI=1S/C20H29N5O2S2/c1-5-17-23-24-19(29-17)28-13-14-11-15(25-9-7-6-8-10-25)12-16(21-14)22-18(26)27-20(2,3)4/h11-12H,5-10,13H2,1-4H3,(H,21,22,26). The van der Waals surface area contributed by atoms with Crippen LogP contribution >= 0.6 is 23.1 Å². The Morgan fingerprint density at radius 3 is 2.66 bits per heavy atom. The summed E-state index contributed by atoms with van der Waals surface area (Å²) in [4.78, 5) is 19.2. The number of thioether (sulfide) groups is 1. The minimum Gasteiger partial charge on any atom is -0.444 e. The molecular weight excluding hydrogens is 406 g/mol. The highest BCUT2D eigenvalue weighted by Gasteiger charge is 2.19. The SMILES string of the molecule is CCc1nnc(SCc2cc(N3CCCCC3)cc(NC(=O)OC(C)(C)C)n2)s1. The maximum absolute atomic E-state index is 12.2. The van der Waals surface area contributed by atoms with Crippen LogP contribution in [-0.2, 0) is 16.9 Å². The highest BCUT2D eigenvalue weighted by molar-refractivity contribution is 8.00. The highest BCUT2D eigenvalue weighted by atomic mass is 32.2. The first-order valence-corrected chi connectivity index (χ1v) is 11.8. The van der Waals surface area contributed by atoms with Gasteiger partial charge in [-0.3, -0.25) is 5.32 Å². The lowest BCUT2D eigenvalue weighted by atomic mass is 10.1. The van der Waals surface area contributed by atoms with Crippen LogP contribution in [0.2, 0.25) is 0 Å². The van der Waals surface area contributed by atoms with Crippen molar-refractivity contribution in [2.24, 2.45) is 0 Å². The molecule has 1 aliphatic heterocycles. The number of carbonyl (C=O) groups is 1. The summed E-state index contributed by atoms with van der Waals surface area (Å²) in [5.41, 5.74) is 1.44. The van der Waals surface area contributed by atoms with E-state index in [-0.39, 0.29) is 0 Å². The molecule has 0 aliphatic carbocycles. The lowest BCUT2D eigenvalue weighted by molar-refractivity contribution is 0.0635. The Hall–Kier alpha value is -1.87. The molecule has 29 heavy (non-hydrogen) atoms. The van der Waals surface area contributed by atoms with E-state index in [4.69, 9.17) is 4.74 Å². The third-order valence-electron chi connectivity index (χ3n) is 4.31. The van der Waals surface area contributed by atoms with Gasteiger partial charge in [0, 0.05) is 30.6 Å². The van der Waals surface area contributed by atoms with E-state index in [1.807, 2.05) is 26.8 Å². The number of hydrogen-bond acceptors (Lipinski definition) is 8. The number of piperidine rings is 1. The molecule has 0 radical (unpaired) electrons. The molecule has 1 saturated heterocycles. The molecule has 9 heteroatoms. The molecule has 0 unspecified atom stereocenters. The normalized spacial score (nSPS) is 14.7. The van der Waals surface area contributed by atoms with Crippen molar-refractivity contribution in [3.63, 3.8) is 0 Å². The van der Waals surface area contributed by atoms with Gasteiger partial charge in [0.15, 0.2) is 4.34 Å². The number of ether oxygens (including phenoxy) is 1. The first-order chi connectivity index (χ1) is 13.8. The Morgan fingerprint density at radius 1 is 1.24 bits per heavy atom. The van der Waals surface area contributed by atoms with Gasteiger partial charge in [-0.05, 0) is 52.5 Å². The summed E-state index contributed by atoms with van der Waals surface area (Å²) in [5, 5.41) is 12.2. The third kappa shape index (κ3) is 6.85. The highest BCUT2D eigenvalue weighted by Crippen LogP contribution is 2.29. The van der Waals surface area contributed by atoms with E-state index in [0.717, 1.165) is 40.2 Å². The number of aryl methyl sites for hydroxylation is 1. The van der Waals surface area contributed by atoms with E-state index in [0.29, 0.717) is 11.6 Å². The Kier molecular flexibility index (Phi) is 7.34. The van der Waals surface area contributed by atoms with Gasteiger partial charge < -0.3 is 9.64 Å². The zero-order valence-corrected chi connectivity index (χ0v) is 19.2. The van der Waals surface area contributed by atoms with Gasteiger partial charge in [0.05, 0.1) is 5.69 Å². The van der Waals surface area contributed by atoms with E-state index < -0.39 is 11.7 Å². The Bertz CT molecular complexity index is 829. The predicted octanol–water partition coefficient (Wildman–Crippen LogP) is 5.13. The van der Waals surface area contributed by atoms with Gasteiger partial charge in [-0.1, -0.05) is 30.0 Å². The van der Waals surface area contributed by atoms with E-state index in [1.165, 1.54) is 19.3 Å². The monoisotopic (exact) mass is 435 g/mol. The molecule has 1 N–H and O–H groups in total. The first kappa shape index (κ1) is 21.8. The number of nitrogens with zero attached hydrogens (tertiary/aromatic N) is 4. The van der Waals surface area contributed by atoms with Crippen LogP contribution < -0.4 is 10.2 Å². The number of anilines is 2. The van der Waals surface area contributed by atoms with E-state index >= 15 is 0 Å². The summed E-state index contributed by atoms with van der Waals surface area (Å²) >= 11 is 3.24. The minimum absolute atomic E-state index is 0.490. The van der Waals surface area contributed by atoms with Crippen LogP contribution in [0.25, 0.3) is 0 Å². The molecule has 1 amide bonds. The van der Waals surface area contributed by atoms with E-state index in [1.54, 1.807) is 23.1 Å². The molecule has 0 bridgehead atoms. The third-order valence-corrected chi connectivity index (χ3v) is 6.54. The average molecular weight is 436 g/mol. The molecule has 2 aromatic heterocycles. The Morgan fingerprint density at radius 2 is 2.00 bits per heavy atom. The number of pyridine rings is 1. The molecule has 0 aromatic carbocycles. The fraction of sp³-hybridized carbons (Fsp3) is 0.600. The van der Waals surface area contributed by atoms with Crippen molar-refractivity contribution in [3.8, 4) is 0 Å². The Balaban J connectivity index is 1.76. The first-order valence-electron chi connectivity index (χ1n) is 10.0. The molecule has 3 rings (SSSR count). The van der Waals surface area contributed by atoms with Crippen LogP contribution in [0.1, 0.15) is 57.7 Å². The maximum atomic E-state index is 12.2. The lowest BCUT2D eigenvalue weighted by Crippen LogP contribution is -2.30. The van der Waals surface area contributed by atoms with Crippen molar-refractivity contribution in [2.45, 2.75) is 69.1 Å². The van der Waals surface area contributed by atoms with Crippen molar-refractivity contribution < 1.29 is 9.53 Å². The van der Waals surface area contributed by atoms with Crippen molar-refractivity contribution >= 4 is 40.7 Å². The van der Waals surface area contributed by atoms with Gasteiger partial charge >= 0.3 is 6.09 Å². The van der Waals surface area contributed by atoms with Crippen LogP contribution in [0, 0.1) is 0 Å². The molecule has 0 saturated carbocycles. The zero-order chi connectivity index (χ0) is 20.9. The second kappa shape index (κ2) is 9.75. The molecule has 1 aliphatic rings. The summed E-state index contributed by atoms with van der Waals surface area (Å²) < 4.78 is 6.32. The predicted molar refractivity (Wildman–Crippen MR) is 119 cm³/mol. The molecule has 0 atom stereocenters. The smallest absolute Gasteiger partial charge is 0.413 e. The van der Waals surface area contributed by atoms with Gasteiger partial charge in [-0.2, -0.15) is 0 Å². The van der Waals surface area contributed by atoms with Crippen LogP contribution in [0.4, 0.5) is 16.3 Å². The van der Waals surface area contributed by atoms with Gasteiger partial charge in [-0.25, -0.2) is 9.78 Å². The maximum Gasteiger partial charge on any atom is 0.413 e. The van der Waals surface area contributed by atoms with Gasteiger partial charge in [0.1, 0.15) is 16.4 Å². The molecule has 158 valence electrons. The van der Waals surface area contributed by atoms with Crippen LogP contribution in [0.5, 0.6) is 0 Å². The number of hydrogen-bond donors (Lipinski definition) is 1. The second-order valence-corrected chi connectivity index (χ2v) is 10.3. The minimum atomic E-state index is -0.554. The molecule has 2 aromatic rings. The van der Waals surface area contributed by atoms with Gasteiger partial charge in [0.2, 0.25) is 0 Å².